The fraction of sp³-hybridized carbons (Fsp3) is 0.250. The molecule has 0 fully saturated rings. The summed E-state index contributed by atoms with van der Waals surface area (Å²) in [6, 6.07) is 1.69. The molecule has 0 aliphatic rings. The molecule has 2 rings (SSSR count). The van der Waals surface area contributed by atoms with Gasteiger partial charge in [-0.25, -0.2) is 9.78 Å². The highest BCUT2D eigenvalue weighted by Crippen LogP contribution is 2.19. The molecule has 2 heterocycles. The summed E-state index contributed by atoms with van der Waals surface area (Å²) in [5.41, 5.74) is 0.0447. The Hall–Kier alpha value is -2.37. The predicted molar refractivity (Wildman–Crippen MR) is 63.3 cm³/mol. The molecule has 0 saturated carbocycles. The standard InChI is InChI=1S/C12H12N2O4/c1-3-17-12(16)9-6-13-10(14-11(9)15)8-4-5-18-7(8)2/h4-6H,3H2,1-2H3,(H,13,14,15). The fourth-order valence-corrected chi connectivity index (χ4v) is 1.52. The Kier molecular flexibility index (Phi) is 3.27. The minimum atomic E-state index is -0.679. The van der Waals surface area contributed by atoms with Crippen LogP contribution < -0.4 is 5.56 Å². The van der Waals surface area contributed by atoms with Crippen LogP contribution in [0.25, 0.3) is 11.4 Å². The van der Waals surface area contributed by atoms with Gasteiger partial charge in [0.2, 0.25) is 0 Å². The number of carbonyl (C=O) groups excluding carboxylic acids is 1. The van der Waals surface area contributed by atoms with Crippen LogP contribution in [0.2, 0.25) is 0 Å². The number of hydrogen-bond donors (Lipinski definition) is 1. The molecule has 0 aliphatic heterocycles. The number of aromatic nitrogens is 2. The summed E-state index contributed by atoms with van der Waals surface area (Å²) in [4.78, 5) is 29.7. The Morgan fingerprint density at radius 2 is 2.33 bits per heavy atom. The monoisotopic (exact) mass is 248 g/mol. The first-order chi connectivity index (χ1) is 8.63. The smallest absolute Gasteiger partial charge is 0.345 e. The highest BCUT2D eigenvalue weighted by atomic mass is 16.5. The van der Waals surface area contributed by atoms with E-state index in [1.807, 2.05) is 0 Å². The molecule has 94 valence electrons. The van der Waals surface area contributed by atoms with Gasteiger partial charge < -0.3 is 14.1 Å². The first-order valence-corrected chi connectivity index (χ1v) is 5.44. The summed E-state index contributed by atoms with van der Waals surface area (Å²) in [6.45, 7) is 3.64. The second-order valence-corrected chi connectivity index (χ2v) is 3.59. The lowest BCUT2D eigenvalue weighted by atomic mass is 10.2. The average molecular weight is 248 g/mol. The first-order valence-electron chi connectivity index (χ1n) is 5.44. The molecular weight excluding hydrogens is 236 g/mol. The molecule has 0 radical (unpaired) electrons. The van der Waals surface area contributed by atoms with Crippen LogP contribution in [0.15, 0.2) is 27.7 Å². The summed E-state index contributed by atoms with van der Waals surface area (Å²) < 4.78 is 9.87. The summed E-state index contributed by atoms with van der Waals surface area (Å²) in [6.07, 6.45) is 2.71. The SMILES string of the molecule is CCOC(=O)c1cnc(-c2ccoc2C)[nH]c1=O. The van der Waals surface area contributed by atoms with Crippen molar-refractivity contribution in [2.75, 3.05) is 6.61 Å². The Morgan fingerprint density at radius 1 is 1.56 bits per heavy atom. The highest BCUT2D eigenvalue weighted by molar-refractivity contribution is 5.88. The molecule has 18 heavy (non-hydrogen) atoms. The normalized spacial score (nSPS) is 10.3. The van der Waals surface area contributed by atoms with Crippen LogP contribution in [0.3, 0.4) is 0 Å². The molecule has 0 spiro atoms. The third-order valence-electron chi connectivity index (χ3n) is 2.41. The van der Waals surface area contributed by atoms with Gasteiger partial charge in [-0.3, -0.25) is 4.79 Å². The fourth-order valence-electron chi connectivity index (χ4n) is 1.52. The third kappa shape index (κ3) is 2.17. The number of ether oxygens (including phenoxy) is 1. The Bertz CT molecular complexity index is 627. The van der Waals surface area contributed by atoms with Gasteiger partial charge in [0.1, 0.15) is 17.1 Å². The third-order valence-corrected chi connectivity index (χ3v) is 2.41. The molecule has 6 heteroatoms. The van der Waals surface area contributed by atoms with E-state index in [1.54, 1.807) is 19.9 Å². The molecule has 2 aromatic heterocycles. The number of nitrogens with zero attached hydrogens (tertiary/aromatic N) is 1. The highest BCUT2D eigenvalue weighted by Gasteiger charge is 2.14. The molecule has 0 amide bonds. The van der Waals surface area contributed by atoms with E-state index in [4.69, 9.17) is 9.15 Å². The van der Waals surface area contributed by atoms with Crippen LogP contribution >= 0.6 is 0 Å². The summed E-state index contributed by atoms with van der Waals surface area (Å²) >= 11 is 0. The molecule has 0 unspecified atom stereocenters. The Balaban J connectivity index is 2.40. The van der Waals surface area contributed by atoms with Crippen LogP contribution in [-0.2, 0) is 4.74 Å². The average Bonchev–Trinajstić information content (AvgIpc) is 2.75. The Labute approximate surface area is 103 Å². The first kappa shape index (κ1) is 12.1. The minimum absolute atomic E-state index is 0.109. The number of nitrogens with one attached hydrogen (secondary N) is 1. The van der Waals surface area contributed by atoms with Gasteiger partial charge in [-0.05, 0) is 19.9 Å². The minimum Gasteiger partial charge on any atom is -0.469 e. The van der Waals surface area contributed by atoms with E-state index in [0.717, 1.165) is 0 Å². The van der Waals surface area contributed by atoms with Crippen LogP contribution in [0, 0.1) is 6.92 Å². The number of H-pyrrole nitrogens is 1. The second-order valence-electron chi connectivity index (χ2n) is 3.59. The van der Waals surface area contributed by atoms with Crippen molar-refractivity contribution in [2.45, 2.75) is 13.8 Å². The van der Waals surface area contributed by atoms with Crippen molar-refractivity contribution in [1.29, 1.82) is 0 Å². The zero-order valence-electron chi connectivity index (χ0n) is 10.0. The van der Waals surface area contributed by atoms with Crippen molar-refractivity contribution in [1.82, 2.24) is 9.97 Å². The van der Waals surface area contributed by atoms with Gasteiger partial charge in [0, 0.05) is 6.20 Å². The largest absolute Gasteiger partial charge is 0.469 e. The maximum atomic E-state index is 11.7. The van der Waals surface area contributed by atoms with Crippen LogP contribution in [0.5, 0.6) is 0 Å². The quantitative estimate of drug-likeness (QED) is 0.832. The van der Waals surface area contributed by atoms with Gasteiger partial charge in [0.05, 0.1) is 18.4 Å². The van der Waals surface area contributed by atoms with Gasteiger partial charge >= 0.3 is 5.97 Å². The molecule has 6 nitrogen and oxygen atoms in total. The molecule has 0 saturated heterocycles. The lowest BCUT2D eigenvalue weighted by molar-refractivity contribution is 0.0524. The molecule has 2 aromatic rings. The van der Waals surface area contributed by atoms with Crippen molar-refractivity contribution in [3.05, 3.63) is 40.2 Å². The molecule has 0 bridgehead atoms. The number of carbonyl (C=O) groups is 1. The molecule has 0 atom stereocenters. The second kappa shape index (κ2) is 4.87. The van der Waals surface area contributed by atoms with Crippen molar-refractivity contribution < 1.29 is 13.9 Å². The van der Waals surface area contributed by atoms with E-state index >= 15 is 0 Å². The van der Waals surface area contributed by atoms with Gasteiger partial charge in [-0.2, -0.15) is 0 Å². The van der Waals surface area contributed by atoms with E-state index in [9.17, 15) is 9.59 Å². The van der Waals surface area contributed by atoms with E-state index in [-0.39, 0.29) is 12.2 Å². The molecule has 0 aromatic carbocycles. The number of aromatic amines is 1. The zero-order chi connectivity index (χ0) is 13.1. The lowest BCUT2D eigenvalue weighted by Crippen LogP contribution is -2.21. The zero-order valence-corrected chi connectivity index (χ0v) is 10.0. The summed E-state index contributed by atoms with van der Waals surface area (Å²) in [7, 11) is 0. The predicted octanol–water partition coefficient (Wildman–Crippen LogP) is 1.52. The van der Waals surface area contributed by atoms with E-state index in [1.165, 1.54) is 12.5 Å². The molecular formula is C12H12N2O4. The van der Waals surface area contributed by atoms with E-state index in [0.29, 0.717) is 17.1 Å². The summed E-state index contributed by atoms with van der Waals surface area (Å²) in [5.74, 6) is 0.322. The van der Waals surface area contributed by atoms with Crippen LogP contribution in [0.1, 0.15) is 23.0 Å². The maximum absolute atomic E-state index is 11.7. The van der Waals surface area contributed by atoms with E-state index in [2.05, 4.69) is 9.97 Å². The number of aryl methyl sites for hydroxylation is 1. The van der Waals surface area contributed by atoms with Gasteiger partial charge in [-0.1, -0.05) is 0 Å². The molecule has 1 N–H and O–H groups in total. The summed E-state index contributed by atoms with van der Waals surface area (Å²) in [5, 5.41) is 0. The van der Waals surface area contributed by atoms with Crippen molar-refractivity contribution in [3.8, 4) is 11.4 Å². The lowest BCUT2D eigenvalue weighted by Gasteiger charge is -2.02. The van der Waals surface area contributed by atoms with Crippen molar-refractivity contribution in [2.24, 2.45) is 0 Å². The number of esters is 1. The topological polar surface area (TPSA) is 85.2 Å². The van der Waals surface area contributed by atoms with Gasteiger partial charge in [0.15, 0.2) is 0 Å². The number of rotatable bonds is 3. The van der Waals surface area contributed by atoms with Crippen LogP contribution in [0.4, 0.5) is 0 Å². The van der Waals surface area contributed by atoms with Crippen molar-refractivity contribution in [3.63, 3.8) is 0 Å². The van der Waals surface area contributed by atoms with Crippen molar-refractivity contribution >= 4 is 5.97 Å². The van der Waals surface area contributed by atoms with Gasteiger partial charge in [-0.15, -0.1) is 0 Å². The number of hydrogen-bond acceptors (Lipinski definition) is 5. The number of furan rings is 1. The maximum Gasteiger partial charge on any atom is 0.345 e. The van der Waals surface area contributed by atoms with Crippen LogP contribution in [-0.4, -0.2) is 22.5 Å². The van der Waals surface area contributed by atoms with E-state index < -0.39 is 11.5 Å². The van der Waals surface area contributed by atoms with Gasteiger partial charge in [0.25, 0.3) is 5.56 Å². The molecule has 0 aliphatic carbocycles. The Morgan fingerprint density at radius 3 is 2.89 bits per heavy atom.